The lowest BCUT2D eigenvalue weighted by molar-refractivity contribution is 0.495. The zero-order chi connectivity index (χ0) is 23.7. The Morgan fingerprint density at radius 2 is 2.06 bits per heavy atom. The lowest BCUT2D eigenvalue weighted by atomic mass is 10.1. The molecule has 3 aromatic rings. The number of hydrogen-bond acceptors (Lipinski definition) is 5. The van der Waals surface area contributed by atoms with Crippen LogP contribution in [0, 0.1) is 5.82 Å². The number of aromatic nitrogens is 4. The highest BCUT2D eigenvalue weighted by molar-refractivity contribution is 5.74. The molecule has 2 aromatic heterocycles. The summed E-state index contributed by atoms with van der Waals surface area (Å²) in [4.78, 5) is 33.5. The lowest BCUT2D eigenvalue weighted by Gasteiger charge is -2.31. The zero-order valence-electron chi connectivity index (χ0n) is 19.4. The van der Waals surface area contributed by atoms with Crippen molar-refractivity contribution >= 4 is 17.1 Å². The summed E-state index contributed by atoms with van der Waals surface area (Å²) in [6.07, 6.45) is 4.31. The summed E-state index contributed by atoms with van der Waals surface area (Å²) < 4.78 is 18.1. The van der Waals surface area contributed by atoms with Gasteiger partial charge in [0.15, 0.2) is 11.2 Å². The van der Waals surface area contributed by atoms with Crippen LogP contribution < -0.4 is 21.9 Å². The Morgan fingerprint density at radius 3 is 2.76 bits per heavy atom. The Bertz CT molecular complexity index is 1310. The largest absolute Gasteiger partial charge is 0.341 e. The number of hydrogen-bond donors (Lipinski definition) is 1. The fourth-order valence-corrected chi connectivity index (χ4v) is 4.37. The van der Waals surface area contributed by atoms with Gasteiger partial charge in [0.2, 0.25) is 5.95 Å². The minimum atomic E-state index is -0.433. The summed E-state index contributed by atoms with van der Waals surface area (Å²) in [5.74, 6) is 0.319. The first-order chi connectivity index (χ1) is 15.8. The monoisotopic (exact) mass is 454 g/mol. The van der Waals surface area contributed by atoms with Crippen LogP contribution >= 0.6 is 0 Å². The van der Waals surface area contributed by atoms with Gasteiger partial charge in [-0.15, -0.1) is 0 Å². The second-order valence-electron chi connectivity index (χ2n) is 9.00. The normalized spacial score (nSPS) is 16.4. The predicted octanol–water partition coefficient (Wildman–Crippen LogP) is 2.17. The molecule has 0 saturated carbocycles. The fraction of sp³-hybridized carbons (Fsp3) is 0.458. The molecule has 1 aliphatic rings. The highest BCUT2D eigenvalue weighted by Gasteiger charge is 2.26. The molecule has 1 fully saturated rings. The van der Waals surface area contributed by atoms with Crippen LogP contribution in [0.4, 0.5) is 10.3 Å². The third-order valence-electron chi connectivity index (χ3n) is 6.15. The number of piperidine rings is 1. The van der Waals surface area contributed by atoms with Crippen molar-refractivity contribution in [3.63, 3.8) is 0 Å². The minimum Gasteiger partial charge on any atom is -0.341 e. The topological polar surface area (TPSA) is 91.1 Å². The first kappa shape index (κ1) is 23.0. The van der Waals surface area contributed by atoms with Crippen molar-refractivity contribution in [2.75, 3.05) is 18.0 Å². The van der Waals surface area contributed by atoms with E-state index in [2.05, 4.69) is 4.90 Å². The van der Waals surface area contributed by atoms with E-state index in [0.29, 0.717) is 36.6 Å². The minimum absolute atomic E-state index is 0.0437. The van der Waals surface area contributed by atoms with Gasteiger partial charge in [0.25, 0.3) is 5.56 Å². The number of rotatable bonds is 6. The second kappa shape index (κ2) is 9.35. The van der Waals surface area contributed by atoms with Gasteiger partial charge in [-0.05, 0) is 50.8 Å². The average Bonchev–Trinajstić information content (AvgIpc) is 3.16. The van der Waals surface area contributed by atoms with Crippen molar-refractivity contribution in [1.82, 2.24) is 18.7 Å². The molecule has 0 amide bonds. The van der Waals surface area contributed by atoms with Gasteiger partial charge in [-0.3, -0.25) is 13.9 Å². The van der Waals surface area contributed by atoms with E-state index in [4.69, 9.17) is 10.7 Å². The number of benzene rings is 1. The SMILES string of the molecule is CC(C)=CCn1c(N2CCCC(N)C2)nc2c1c(=O)n(CCc1cccc(F)c1)c(=O)n2C. The van der Waals surface area contributed by atoms with Gasteiger partial charge in [0.05, 0.1) is 0 Å². The Hall–Kier alpha value is -3.20. The molecule has 0 bridgehead atoms. The van der Waals surface area contributed by atoms with E-state index < -0.39 is 5.69 Å². The second-order valence-corrected chi connectivity index (χ2v) is 9.00. The van der Waals surface area contributed by atoms with Crippen LogP contribution in [0.15, 0.2) is 45.5 Å². The van der Waals surface area contributed by atoms with Crippen molar-refractivity contribution in [3.05, 3.63) is 68.1 Å². The molecule has 3 heterocycles. The zero-order valence-corrected chi connectivity index (χ0v) is 19.4. The van der Waals surface area contributed by atoms with Crippen LogP contribution in [0.2, 0.25) is 0 Å². The first-order valence-corrected chi connectivity index (χ1v) is 11.3. The van der Waals surface area contributed by atoms with E-state index in [1.165, 1.54) is 21.3 Å². The molecule has 4 rings (SSSR count). The van der Waals surface area contributed by atoms with Crippen LogP contribution in [0.3, 0.4) is 0 Å². The smallest absolute Gasteiger partial charge is 0.332 e. The summed E-state index contributed by atoms with van der Waals surface area (Å²) in [6, 6.07) is 6.25. The predicted molar refractivity (Wildman–Crippen MR) is 128 cm³/mol. The van der Waals surface area contributed by atoms with Gasteiger partial charge in [0, 0.05) is 39.3 Å². The number of aryl methyl sites for hydroxylation is 2. The Balaban J connectivity index is 1.84. The maximum atomic E-state index is 13.6. The number of fused-ring (bicyclic) bond motifs is 1. The van der Waals surface area contributed by atoms with Crippen molar-refractivity contribution in [1.29, 1.82) is 0 Å². The first-order valence-electron chi connectivity index (χ1n) is 11.3. The molecule has 1 unspecified atom stereocenters. The molecule has 33 heavy (non-hydrogen) atoms. The van der Waals surface area contributed by atoms with E-state index in [0.717, 1.165) is 30.5 Å². The Labute approximate surface area is 191 Å². The van der Waals surface area contributed by atoms with Crippen LogP contribution in [-0.2, 0) is 26.6 Å². The number of nitrogens with zero attached hydrogens (tertiary/aromatic N) is 5. The van der Waals surface area contributed by atoms with E-state index in [1.54, 1.807) is 19.2 Å². The molecular weight excluding hydrogens is 423 g/mol. The summed E-state index contributed by atoms with van der Waals surface area (Å²) in [6.45, 7) is 6.08. The highest BCUT2D eigenvalue weighted by atomic mass is 19.1. The standard InChI is InChI=1S/C24H31FN6O2/c1-16(2)9-12-30-20-21(27-23(30)29-11-5-8-19(26)15-29)28(3)24(33)31(22(20)32)13-10-17-6-4-7-18(25)14-17/h4,6-7,9,14,19H,5,8,10-13,15,26H2,1-3H3. The molecule has 176 valence electrons. The lowest BCUT2D eigenvalue weighted by Crippen LogP contribution is -2.44. The van der Waals surface area contributed by atoms with Crippen molar-refractivity contribution < 1.29 is 4.39 Å². The third-order valence-corrected chi connectivity index (χ3v) is 6.15. The number of imidazole rings is 1. The van der Waals surface area contributed by atoms with E-state index >= 15 is 0 Å². The highest BCUT2D eigenvalue weighted by Crippen LogP contribution is 2.23. The van der Waals surface area contributed by atoms with Crippen molar-refractivity contribution in [3.8, 4) is 0 Å². The van der Waals surface area contributed by atoms with E-state index in [-0.39, 0.29) is 24.0 Å². The van der Waals surface area contributed by atoms with Gasteiger partial charge in [-0.25, -0.2) is 9.18 Å². The van der Waals surface area contributed by atoms with Gasteiger partial charge in [0.1, 0.15) is 5.82 Å². The molecular formula is C24H31FN6O2. The number of allylic oxidation sites excluding steroid dienone is 2. The average molecular weight is 455 g/mol. The van der Waals surface area contributed by atoms with E-state index in [1.807, 2.05) is 24.5 Å². The van der Waals surface area contributed by atoms with Crippen molar-refractivity contribution in [2.45, 2.75) is 52.2 Å². The van der Waals surface area contributed by atoms with Gasteiger partial charge < -0.3 is 15.2 Å². The summed E-state index contributed by atoms with van der Waals surface area (Å²) in [7, 11) is 1.63. The molecule has 9 heteroatoms. The molecule has 1 saturated heterocycles. The molecule has 0 spiro atoms. The summed E-state index contributed by atoms with van der Waals surface area (Å²) in [5, 5.41) is 0. The molecule has 1 atom stereocenters. The van der Waals surface area contributed by atoms with Gasteiger partial charge in [-0.2, -0.15) is 4.98 Å². The van der Waals surface area contributed by atoms with E-state index in [9.17, 15) is 14.0 Å². The number of nitrogens with two attached hydrogens (primary N) is 1. The number of anilines is 1. The Kier molecular flexibility index (Phi) is 6.51. The quantitative estimate of drug-likeness (QED) is 0.577. The van der Waals surface area contributed by atoms with Gasteiger partial charge in [-0.1, -0.05) is 23.8 Å². The van der Waals surface area contributed by atoms with Crippen molar-refractivity contribution in [2.24, 2.45) is 12.8 Å². The molecule has 0 radical (unpaired) electrons. The van der Waals surface area contributed by atoms with Crippen LogP contribution in [0.5, 0.6) is 0 Å². The maximum absolute atomic E-state index is 13.6. The summed E-state index contributed by atoms with van der Waals surface area (Å²) >= 11 is 0. The molecule has 2 N–H and O–H groups in total. The van der Waals surface area contributed by atoms with Crippen LogP contribution in [-0.4, -0.2) is 37.8 Å². The Morgan fingerprint density at radius 1 is 1.27 bits per heavy atom. The van der Waals surface area contributed by atoms with Gasteiger partial charge >= 0.3 is 5.69 Å². The summed E-state index contributed by atoms with van der Waals surface area (Å²) in [5.41, 5.74) is 7.99. The molecule has 0 aliphatic carbocycles. The fourth-order valence-electron chi connectivity index (χ4n) is 4.37. The molecule has 8 nitrogen and oxygen atoms in total. The number of halogens is 1. The maximum Gasteiger partial charge on any atom is 0.332 e. The molecule has 1 aliphatic heterocycles. The van der Waals surface area contributed by atoms with Crippen LogP contribution in [0.25, 0.3) is 11.2 Å². The third kappa shape index (κ3) is 4.64. The van der Waals surface area contributed by atoms with Crippen LogP contribution in [0.1, 0.15) is 32.3 Å². The molecule has 1 aromatic carbocycles.